The molecule has 2 nitrogen and oxygen atoms in total. The van der Waals surface area contributed by atoms with Crippen LogP contribution in [0.3, 0.4) is 0 Å². The van der Waals surface area contributed by atoms with Gasteiger partial charge < -0.3 is 10.2 Å². The topological polar surface area (TPSA) is 15.3 Å². The molecule has 0 radical (unpaired) electrons. The Labute approximate surface area is 123 Å². The molecule has 0 aliphatic carbocycles. The standard InChI is InChI=1S/C18H28N2/c1-15-13-16-7-2-3-10-18(16)20(14-15)12-6-9-17-8-4-5-11-19-17/h2-3,7,10,15,17,19H,4-6,8-9,11-14H2,1H3. The van der Waals surface area contributed by atoms with Gasteiger partial charge in [0, 0.05) is 24.8 Å². The van der Waals surface area contributed by atoms with Crippen molar-refractivity contribution in [3.63, 3.8) is 0 Å². The Bertz CT molecular complexity index is 423. The summed E-state index contributed by atoms with van der Waals surface area (Å²) in [7, 11) is 0. The van der Waals surface area contributed by atoms with Crippen LogP contribution in [0.25, 0.3) is 0 Å². The third-order valence-electron chi connectivity index (χ3n) is 4.83. The molecule has 2 aliphatic rings. The normalized spacial score (nSPS) is 26.4. The molecule has 2 heterocycles. The number of para-hydroxylation sites is 1. The third kappa shape index (κ3) is 3.35. The van der Waals surface area contributed by atoms with Crippen molar-refractivity contribution in [2.75, 3.05) is 24.5 Å². The maximum absolute atomic E-state index is 3.67. The molecule has 0 spiro atoms. The molecule has 2 atom stereocenters. The molecule has 110 valence electrons. The minimum Gasteiger partial charge on any atom is -0.371 e. The van der Waals surface area contributed by atoms with Gasteiger partial charge in [0.25, 0.3) is 0 Å². The summed E-state index contributed by atoms with van der Waals surface area (Å²) in [5.41, 5.74) is 3.03. The summed E-state index contributed by atoms with van der Waals surface area (Å²) in [6.45, 7) is 6.06. The molecular formula is C18H28N2. The smallest absolute Gasteiger partial charge is 0.0398 e. The van der Waals surface area contributed by atoms with Gasteiger partial charge in [0.15, 0.2) is 0 Å². The van der Waals surface area contributed by atoms with Crippen molar-refractivity contribution in [2.24, 2.45) is 5.92 Å². The molecular weight excluding hydrogens is 244 g/mol. The van der Waals surface area contributed by atoms with E-state index in [4.69, 9.17) is 0 Å². The van der Waals surface area contributed by atoms with E-state index in [2.05, 4.69) is 41.4 Å². The van der Waals surface area contributed by atoms with E-state index in [0.29, 0.717) is 0 Å². The lowest BCUT2D eigenvalue weighted by atomic mass is 9.93. The molecule has 0 saturated carbocycles. The summed E-state index contributed by atoms with van der Waals surface area (Å²) in [4.78, 5) is 2.62. The molecule has 1 fully saturated rings. The number of fused-ring (bicyclic) bond motifs is 1. The zero-order valence-corrected chi connectivity index (χ0v) is 12.8. The number of anilines is 1. The summed E-state index contributed by atoms with van der Waals surface area (Å²) in [6, 6.07) is 9.76. The van der Waals surface area contributed by atoms with Crippen molar-refractivity contribution in [2.45, 2.75) is 51.5 Å². The summed E-state index contributed by atoms with van der Waals surface area (Å²) in [5, 5.41) is 3.67. The van der Waals surface area contributed by atoms with Crippen molar-refractivity contribution in [1.82, 2.24) is 5.32 Å². The molecule has 1 N–H and O–H groups in total. The first kappa shape index (κ1) is 13.9. The molecule has 20 heavy (non-hydrogen) atoms. The average molecular weight is 272 g/mol. The molecule has 3 rings (SSSR count). The van der Waals surface area contributed by atoms with Crippen molar-refractivity contribution in [3.8, 4) is 0 Å². The molecule has 1 aromatic carbocycles. The van der Waals surface area contributed by atoms with Crippen LogP contribution in [0.1, 0.15) is 44.6 Å². The lowest BCUT2D eigenvalue weighted by Crippen LogP contribution is -2.37. The minimum atomic E-state index is 0.779. The van der Waals surface area contributed by atoms with E-state index in [1.807, 2.05) is 0 Å². The van der Waals surface area contributed by atoms with Crippen molar-refractivity contribution in [1.29, 1.82) is 0 Å². The number of benzene rings is 1. The first-order valence-electron chi connectivity index (χ1n) is 8.39. The molecule has 2 aliphatic heterocycles. The predicted octanol–water partition coefficient (Wildman–Crippen LogP) is 3.61. The van der Waals surface area contributed by atoms with Gasteiger partial charge in [-0.25, -0.2) is 0 Å². The van der Waals surface area contributed by atoms with Gasteiger partial charge in [-0.2, -0.15) is 0 Å². The second-order valence-corrected chi connectivity index (χ2v) is 6.67. The first-order valence-corrected chi connectivity index (χ1v) is 8.39. The van der Waals surface area contributed by atoms with Gasteiger partial charge in [-0.15, -0.1) is 0 Å². The summed E-state index contributed by atoms with van der Waals surface area (Å²) in [6.07, 6.45) is 8.07. The van der Waals surface area contributed by atoms with Crippen molar-refractivity contribution >= 4 is 5.69 Å². The largest absolute Gasteiger partial charge is 0.371 e. The van der Waals surface area contributed by atoms with Crippen molar-refractivity contribution < 1.29 is 0 Å². The molecule has 2 heteroatoms. The Morgan fingerprint density at radius 2 is 2.15 bits per heavy atom. The van der Waals surface area contributed by atoms with E-state index in [0.717, 1.165) is 12.0 Å². The highest BCUT2D eigenvalue weighted by Gasteiger charge is 2.21. The van der Waals surface area contributed by atoms with Crippen LogP contribution in [0, 0.1) is 5.92 Å². The van der Waals surface area contributed by atoms with Crippen LogP contribution in [0.15, 0.2) is 24.3 Å². The van der Waals surface area contributed by atoms with Gasteiger partial charge in [0.1, 0.15) is 0 Å². The summed E-state index contributed by atoms with van der Waals surface area (Å²) >= 11 is 0. The highest BCUT2D eigenvalue weighted by atomic mass is 15.1. The molecule has 2 unspecified atom stereocenters. The zero-order chi connectivity index (χ0) is 13.8. The molecule has 0 amide bonds. The molecule has 0 aromatic heterocycles. The highest BCUT2D eigenvalue weighted by molar-refractivity contribution is 5.55. The third-order valence-corrected chi connectivity index (χ3v) is 4.83. The van der Waals surface area contributed by atoms with Crippen LogP contribution in [0.4, 0.5) is 5.69 Å². The van der Waals surface area contributed by atoms with Gasteiger partial charge in [-0.3, -0.25) is 0 Å². The molecule has 1 aromatic rings. The van der Waals surface area contributed by atoms with Gasteiger partial charge in [-0.1, -0.05) is 31.5 Å². The number of piperidine rings is 1. The van der Waals surface area contributed by atoms with Gasteiger partial charge in [0.2, 0.25) is 0 Å². The van der Waals surface area contributed by atoms with E-state index in [9.17, 15) is 0 Å². The fourth-order valence-electron chi connectivity index (χ4n) is 3.82. The Morgan fingerprint density at radius 3 is 3.00 bits per heavy atom. The Morgan fingerprint density at radius 1 is 1.25 bits per heavy atom. The van der Waals surface area contributed by atoms with Crippen LogP contribution in [0.2, 0.25) is 0 Å². The van der Waals surface area contributed by atoms with Gasteiger partial charge >= 0.3 is 0 Å². The first-order chi connectivity index (χ1) is 9.83. The monoisotopic (exact) mass is 272 g/mol. The summed E-state index contributed by atoms with van der Waals surface area (Å²) < 4.78 is 0. The Kier molecular flexibility index (Phi) is 4.62. The Balaban J connectivity index is 1.54. The summed E-state index contributed by atoms with van der Waals surface area (Å²) in [5.74, 6) is 0.790. The lowest BCUT2D eigenvalue weighted by Gasteiger charge is -2.35. The van der Waals surface area contributed by atoms with E-state index in [-0.39, 0.29) is 0 Å². The fourth-order valence-corrected chi connectivity index (χ4v) is 3.82. The fraction of sp³-hybridized carbons (Fsp3) is 0.667. The van der Waals surface area contributed by atoms with Crippen LogP contribution in [0.5, 0.6) is 0 Å². The SMILES string of the molecule is CC1Cc2ccccc2N(CCCC2CCCCN2)C1. The van der Waals surface area contributed by atoms with Gasteiger partial charge in [0.05, 0.1) is 0 Å². The second kappa shape index (κ2) is 6.62. The van der Waals surface area contributed by atoms with Crippen molar-refractivity contribution in [3.05, 3.63) is 29.8 Å². The quantitative estimate of drug-likeness (QED) is 0.901. The van der Waals surface area contributed by atoms with E-state index >= 15 is 0 Å². The van der Waals surface area contributed by atoms with Crippen LogP contribution < -0.4 is 10.2 Å². The van der Waals surface area contributed by atoms with E-state index < -0.39 is 0 Å². The second-order valence-electron chi connectivity index (χ2n) is 6.67. The highest BCUT2D eigenvalue weighted by Crippen LogP contribution is 2.29. The number of hydrogen-bond donors (Lipinski definition) is 1. The van der Waals surface area contributed by atoms with Crippen LogP contribution >= 0.6 is 0 Å². The maximum Gasteiger partial charge on any atom is 0.0398 e. The number of rotatable bonds is 4. The minimum absolute atomic E-state index is 0.779. The predicted molar refractivity (Wildman–Crippen MR) is 86.4 cm³/mol. The molecule has 0 bridgehead atoms. The zero-order valence-electron chi connectivity index (χ0n) is 12.8. The number of nitrogens with zero attached hydrogens (tertiary/aromatic N) is 1. The van der Waals surface area contributed by atoms with Gasteiger partial charge in [-0.05, 0) is 56.2 Å². The van der Waals surface area contributed by atoms with E-state index in [1.54, 1.807) is 5.56 Å². The Hall–Kier alpha value is -1.02. The van der Waals surface area contributed by atoms with E-state index in [1.165, 1.54) is 63.8 Å². The number of nitrogens with one attached hydrogen (secondary N) is 1. The molecule has 1 saturated heterocycles. The maximum atomic E-state index is 3.67. The lowest BCUT2D eigenvalue weighted by molar-refractivity contribution is 0.374. The average Bonchev–Trinajstić information content (AvgIpc) is 2.48. The van der Waals surface area contributed by atoms with Crippen LogP contribution in [-0.4, -0.2) is 25.7 Å². The number of hydrogen-bond acceptors (Lipinski definition) is 2. The van der Waals surface area contributed by atoms with Crippen LogP contribution in [-0.2, 0) is 6.42 Å².